The van der Waals surface area contributed by atoms with Gasteiger partial charge in [0.15, 0.2) is 5.69 Å². The highest BCUT2D eigenvalue weighted by Crippen LogP contribution is 2.30. The summed E-state index contributed by atoms with van der Waals surface area (Å²) in [4.78, 5) is 8.04. The van der Waals surface area contributed by atoms with Crippen molar-refractivity contribution in [3.63, 3.8) is 0 Å². The van der Waals surface area contributed by atoms with E-state index in [1.807, 2.05) is 34.6 Å². The Balaban J connectivity index is 2.94. The van der Waals surface area contributed by atoms with Gasteiger partial charge in [0, 0.05) is 0 Å². The standard InChI is InChI=1S/C12H21N3O2/c1-6-12(4,5)17-11-9(13)10(14-7-15-11)16-8(2)3/h7-8H,6,13H2,1-5H3. The van der Waals surface area contributed by atoms with Gasteiger partial charge in [0.05, 0.1) is 6.10 Å². The van der Waals surface area contributed by atoms with Crippen LogP contribution in [0.4, 0.5) is 5.69 Å². The Labute approximate surface area is 102 Å². The van der Waals surface area contributed by atoms with Crippen molar-refractivity contribution in [1.29, 1.82) is 0 Å². The molecule has 0 saturated heterocycles. The first-order valence-electron chi connectivity index (χ1n) is 5.82. The van der Waals surface area contributed by atoms with E-state index in [0.717, 1.165) is 6.42 Å². The molecular formula is C12H21N3O2. The number of nitrogens with two attached hydrogens (primary N) is 1. The molecule has 0 spiro atoms. The second kappa shape index (κ2) is 5.21. The van der Waals surface area contributed by atoms with Crippen LogP contribution in [-0.4, -0.2) is 21.7 Å². The molecule has 0 unspecified atom stereocenters. The number of ether oxygens (including phenoxy) is 2. The van der Waals surface area contributed by atoms with Crippen LogP contribution in [0.5, 0.6) is 11.8 Å². The molecule has 5 nitrogen and oxygen atoms in total. The van der Waals surface area contributed by atoms with Crippen LogP contribution in [-0.2, 0) is 0 Å². The topological polar surface area (TPSA) is 70.3 Å². The van der Waals surface area contributed by atoms with Crippen LogP contribution in [0.15, 0.2) is 6.33 Å². The Morgan fingerprint density at radius 3 is 2.41 bits per heavy atom. The lowest BCUT2D eigenvalue weighted by molar-refractivity contribution is 0.0990. The van der Waals surface area contributed by atoms with E-state index in [0.29, 0.717) is 17.4 Å². The van der Waals surface area contributed by atoms with Gasteiger partial charge >= 0.3 is 0 Å². The van der Waals surface area contributed by atoms with Crippen molar-refractivity contribution in [2.24, 2.45) is 0 Å². The van der Waals surface area contributed by atoms with Crippen molar-refractivity contribution < 1.29 is 9.47 Å². The van der Waals surface area contributed by atoms with E-state index in [4.69, 9.17) is 15.2 Å². The molecule has 0 aliphatic carbocycles. The SMILES string of the molecule is CCC(C)(C)Oc1ncnc(OC(C)C)c1N. The van der Waals surface area contributed by atoms with Crippen LogP contribution in [0, 0.1) is 0 Å². The highest BCUT2D eigenvalue weighted by Gasteiger charge is 2.21. The fourth-order valence-corrected chi connectivity index (χ4v) is 1.10. The Kier molecular flexibility index (Phi) is 4.15. The van der Waals surface area contributed by atoms with Gasteiger partial charge in [-0.15, -0.1) is 0 Å². The molecule has 1 aromatic heterocycles. The number of hydrogen-bond acceptors (Lipinski definition) is 5. The molecule has 17 heavy (non-hydrogen) atoms. The van der Waals surface area contributed by atoms with E-state index in [1.54, 1.807) is 0 Å². The van der Waals surface area contributed by atoms with Gasteiger partial charge in [0.1, 0.15) is 11.9 Å². The van der Waals surface area contributed by atoms with Crippen molar-refractivity contribution in [1.82, 2.24) is 9.97 Å². The van der Waals surface area contributed by atoms with E-state index in [1.165, 1.54) is 6.33 Å². The maximum absolute atomic E-state index is 5.92. The molecule has 0 amide bonds. The smallest absolute Gasteiger partial charge is 0.244 e. The zero-order chi connectivity index (χ0) is 13.1. The monoisotopic (exact) mass is 239 g/mol. The molecule has 0 fully saturated rings. The number of nitrogen functional groups attached to an aromatic ring is 1. The minimum Gasteiger partial charge on any atom is -0.473 e. The second-order valence-electron chi connectivity index (χ2n) is 4.78. The number of aromatic nitrogens is 2. The average Bonchev–Trinajstić information content (AvgIpc) is 2.23. The molecule has 96 valence electrons. The van der Waals surface area contributed by atoms with E-state index in [-0.39, 0.29) is 11.7 Å². The van der Waals surface area contributed by atoms with Gasteiger partial charge in [-0.3, -0.25) is 0 Å². The largest absolute Gasteiger partial charge is 0.473 e. The normalized spacial score (nSPS) is 11.6. The van der Waals surface area contributed by atoms with Crippen molar-refractivity contribution in [3.05, 3.63) is 6.33 Å². The summed E-state index contributed by atoms with van der Waals surface area (Å²) in [5.41, 5.74) is 5.96. The van der Waals surface area contributed by atoms with Crippen molar-refractivity contribution in [2.75, 3.05) is 5.73 Å². The van der Waals surface area contributed by atoms with Gasteiger partial charge in [-0.05, 0) is 34.1 Å². The fraction of sp³-hybridized carbons (Fsp3) is 0.667. The number of hydrogen-bond donors (Lipinski definition) is 1. The molecule has 1 aromatic rings. The quantitative estimate of drug-likeness (QED) is 0.854. The summed E-state index contributed by atoms with van der Waals surface area (Å²) in [6, 6.07) is 0. The third-order valence-corrected chi connectivity index (χ3v) is 2.38. The molecule has 0 aliphatic heterocycles. The summed E-state index contributed by atoms with van der Waals surface area (Å²) in [7, 11) is 0. The third kappa shape index (κ3) is 3.76. The lowest BCUT2D eigenvalue weighted by atomic mass is 10.1. The van der Waals surface area contributed by atoms with Crippen LogP contribution in [0.2, 0.25) is 0 Å². The van der Waals surface area contributed by atoms with E-state index < -0.39 is 0 Å². The lowest BCUT2D eigenvalue weighted by Crippen LogP contribution is -2.28. The average molecular weight is 239 g/mol. The number of anilines is 1. The zero-order valence-electron chi connectivity index (χ0n) is 11.2. The maximum Gasteiger partial charge on any atom is 0.244 e. The highest BCUT2D eigenvalue weighted by molar-refractivity contribution is 5.55. The maximum atomic E-state index is 5.92. The first kappa shape index (κ1) is 13.5. The van der Waals surface area contributed by atoms with Gasteiger partial charge in [-0.2, -0.15) is 9.97 Å². The molecule has 1 rings (SSSR count). The predicted molar refractivity (Wildman–Crippen MR) is 67.2 cm³/mol. The second-order valence-corrected chi connectivity index (χ2v) is 4.78. The summed E-state index contributed by atoms with van der Waals surface area (Å²) >= 11 is 0. The molecule has 0 saturated carbocycles. The van der Waals surface area contributed by atoms with E-state index in [2.05, 4.69) is 9.97 Å². The first-order valence-corrected chi connectivity index (χ1v) is 5.82. The van der Waals surface area contributed by atoms with Gasteiger partial charge in [0.25, 0.3) is 0 Å². The van der Waals surface area contributed by atoms with E-state index >= 15 is 0 Å². The van der Waals surface area contributed by atoms with Crippen LogP contribution in [0.3, 0.4) is 0 Å². The van der Waals surface area contributed by atoms with E-state index in [9.17, 15) is 0 Å². The molecule has 0 bridgehead atoms. The van der Waals surface area contributed by atoms with Crippen LogP contribution >= 0.6 is 0 Å². The van der Waals surface area contributed by atoms with Crippen LogP contribution in [0.1, 0.15) is 41.0 Å². The summed E-state index contributed by atoms with van der Waals surface area (Å²) in [5.74, 6) is 0.749. The Hall–Kier alpha value is -1.52. The number of rotatable bonds is 5. The van der Waals surface area contributed by atoms with Crippen molar-refractivity contribution >= 4 is 5.69 Å². The lowest BCUT2D eigenvalue weighted by Gasteiger charge is -2.25. The molecule has 1 heterocycles. The van der Waals surface area contributed by atoms with Gasteiger partial charge in [0.2, 0.25) is 11.8 Å². The zero-order valence-corrected chi connectivity index (χ0v) is 11.2. The predicted octanol–water partition coefficient (Wildman–Crippen LogP) is 2.41. The Morgan fingerprint density at radius 1 is 1.29 bits per heavy atom. The molecule has 0 radical (unpaired) electrons. The Bertz CT molecular complexity index is 378. The minimum absolute atomic E-state index is 0.0132. The molecule has 2 N–H and O–H groups in total. The van der Waals surface area contributed by atoms with Gasteiger partial charge < -0.3 is 15.2 Å². The number of nitrogens with zero attached hydrogens (tertiary/aromatic N) is 2. The summed E-state index contributed by atoms with van der Waals surface area (Å²) in [5, 5.41) is 0. The summed E-state index contributed by atoms with van der Waals surface area (Å²) < 4.78 is 11.2. The Morgan fingerprint density at radius 2 is 1.88 bits per heavy atom. The molecule has 0 aromatic carbocycles. The van der Waals surface area contributed by atoms with Gasteiger partial charge in [-0.1, -0.05) is 6.92 Å². The highest BCUT2D eigenvalue weighted by atomic mass is 16.5. The minimum atomic E-state index is -0.308. The summed E-state index contributed by atoms with van der Waals surface area (Å²) in [6.45, 7) is 9.84. The molecule has 5 heteroatoms. The molecule has 0 aliphatic rings. The summed E-state index contributed by atoms with van der Waals surface area (Å²) in [6.07, 6.45) is 2.27. The molecular weight excluding hydrogens is 218 g/mol. The van der Waals surface area contributed by atoms with Crippen LogP contribution < -0.4 is 15.2 Å². The fourth-order valence-electron chi connectivity index (χ4n) is 1.10. The van der Waals surface area contributed by atoms with Gasteiger partial charge in [-0.25, -0.2) is 0 Å². The molecule has 0 atom stereocenters. The van der Waals surface area contributed by atoms with Crippen molar-refractivity contribution in [2.45, 2.75) is 52.7 Å². The third-order valence-electron chi connectivity index (χ3n) is 2.38. The van der Waals surface area contributed by atoms with Crippen molar-refractivity contribution in [3.8, 4) is 11.8 Å². The van der Waals surface area contributed by atoms with Crippen LogP contribution in [0.25, 0.3) is 0 Å². The first-order chi connectivity index (χ1) is 7.85.